The maximum atomic E-state index is 13.8. The fourth-order valence-corrected chi connectivity index (χ4v) is 4.53. The van der Waals surface area contributed by atoms with Crippen molar-refractivity contribution in [2.75, 3.05) is 23.5 Å². The van der Waals surface area contributed by atoms with Crippen LogP contribution in [-0.4, -0.2) is 29.7 Å². The van der Waals surface area contributed by atoms with Crippen molar-refractivity contribution in [2.24, 2.45) is 0 Å². The average Bonchev–Trinajstić information content (AvgIpc) is 3.31. The third-order valence-electron chi connectivity index (χ3n) is 4.72. The first-order chi connectivity index (χ1) is 16.5. The Hall–Kier alpha value is -3.69. The number of benzene rings is 3. The van der Waals surface area contributed by atoms with Crippen LogP contribution in [0.1, 0.15) is 10.4 Å². The number of rotatable bonds is 8. The summed E-state index contributed by atoms with van der Waals surface area (Å²) in [6, 6.07) is 20.4. The van der Waals surface area contributed by atoms with Gasteiger partial charge in [-0.25, -0.2) is 9.37 Å². The largest absolute Gasteiger partial charge is 0.497 e. The Morgan fingerprint density at radius 2 is 1.82 bits per heavy atom. The number of hydrogen-bond acceptors (Lipinski definition) is 6. The van der Waals surface area contributed by atoms with Gasteiger partial charge in [-0.15, -0.1) is 23.1 Å². The van der Waals surface area contributed by atoms with E-state index in [9.17, 15) is 14.0 Å². The number of anilines is 2. The molecule has 0 radical (unpaired) electrons. The lowest BCUT2D eigenvalue weighted by Gasteiger charge is -2.08. The molecule has 6 nitrogen and oxygen atoms in total. The first-order valence-electron chi connectivity index (χ1n) is 10.2. The number of carbonyl (C=O) groups is 2. The molecule has 2 amide bonds. The molecule has 0 aliphatic heterocycles. The minimum absolute atomic E-state index is 0.0302. The van der Waals surface area contributed by atoms with Crippen LogP contribution in [0.2, 0.25) is 0 Å². The maximum Gasteiger partial charge on any atom is 0.258 e. The molecule has 0 fully saturated rings. The van der Waals surface area contributed by atoms with Crippen LogP contribution in [0.5, 0.6) is 5.75 Å². The van der Waals surface area contributed by atoms with Crippen LogP contribution in [0.4, 0.5) is 15.2 Å². The van der Waals surface area contributed by atoms with Gasteiger partial charge < -0.3 is 15.4 Å². The Bertz CT molecular complexity index is 1310. The number of aromatic nitrogens is 1. The quantitative estimate of drug-likeness (QED) is 0.297. The van der Waals surface area contributed by atoms with Crippen molar-refractivity contribution in [1.82, 2.24) is 4.98 Å². The van der Waals surface area contributed by atoms with Crippen LogP contribution >= 0.6 is 23.1 Å². The lowest BCUT2D eigenvalue weighted by molar-refractivity contribution is -0.113. The van der Waals surface area contributed by atoms with Crippen LogP contribution in [0.15, 0.2) is 83.1 Å². The van der Waals surface area contributed by atoms with Crippen molar-refractivity contribution in [3.8, 4) is 17.0 Å². The highest BCUT2D eigenvalue weighted by atomic mass is 32.2. The summed E-state index contributed by atoms with van der Waals surface area (Å²) in [7, 11) is 1.61. The van der Waals surface area contributed by atoms with E-state index in [1.165, 1.54) is 41.3 Å². The lowest BCUT2D eigenvalue weighted by Crippen LogP contribution is -2.14. The number of hydrogen-bond donors (Lipinski definition) is 2. The summed E-state index contributed by atoms with van der Waals surface area (Å²) in [4.78, 5) is 30.0. The molecule has 172 valence electrons. The number of nitrogens with one attached hydrogen (secondary N) is 2. The van der Waals surface area contributed by atoms with Crippen LogP contribution in [0.3, 0.4) is 0 Å². The van der Waals surface area contributed by atoms with Crippen LogP contribution in [-0.2, 0) is 4.79 Å². The average molecular weight is 494 g/mol. The second-order valence-corrected chi connectivity index (χ2v) is 8.97. The summed E-state index contributed by atoms with van der Waals surface area (Å²) in [6.45, 7) is 0. The van der Waals surface area contributed by atoms with Crippen molar-refractivity contribution >= 4 is 45.7 Å². The molecule has 3 aromatic carbocycles. The molecule has 0 atom stereocenters. The molecule has 9 heteroatoms. The molecule has 0 aliphatic carbocycles. The number of methoxy groups -OCH3 is 1. The number of carbonyl (C=O) groups excluding carboxylic acids is 2. The second kappa shape index (κ2) is 11.0. The summed E-state index contributed by atoms with van der Waals surface area (Å²) in [5, 5.41) is 7.89. The van der Waals surface area contributed by atoms with Crippen molar-refractivity contribution in [3.05, 3.63) is 89.6 Å². The molecule has 0 saturated carbocycles. The van der Waals surface area contributed by atoms with Gasteiger partial charge in [-0.3, -0.25) is 9.59 Å². The monoisotopic (exact) mass is 493 g/mol. The van der Waals surface area contributed by atoms with Crippen molar-refractivity contribution < 1.29 is 18.7 Å². The zero-order valence-corrected chi connectivity index (χ0v) is 19.7. The highest BCUT2D eigenvalue weighted by Crippen LogP contribution is 2.27. The van der Waals surface area contributed by atoms with Gasteiger partial charge >= 0.3 is 0 Å². The van der Waals surface area contributed by atoms with Crippen LogP contribution in [0.25, 0.3) is 11.3 Å². The highest BCUT2D eigenvalue weighted by Gasteiger charge is 2.12. The molecule has 2 N–H and O–H groups in total. The predicted molar refractivity (Wildman–Crippen MR) is 134 cm³/mol. The molecule has 1 aromatic heterocycles. The Morgan fingerprint density at radius 3 is 2.59 bits per heavy atom. The molecule has 1 heterocycles. The Kier molecular flexibility index (Phi) is 7.56. The highest BCUT2D eigenvalue weighted by molar-refractivity contribution is 8.00. The molecule has 0 aliphatic rings. The van der Waals surface area contributed by atoms with Crippen molar-refractivity contribution in [3.63, 3.8) is 0 Å². The number of nitrogens with zero attached hydrogens (tertiary/aromatic N) is 1. The molecule has 0 saturated heterocycles. The molecule has 0 bridgehead atoms. The van der Waals surface area contributed by atoms with E-state index in [1.54, 1.807) is 31.4 Å². The Labute approximate surface area is 204 Å². The normalized spacial score (nSPS) is 10.5. The smallest absolute Gasteiger partial charge is 0.258 e. The Morgan fingerprint density at radius 1 is 1.03 bits per heavy atom. The predicted octanol–water partition coefficient (Wildman–Crippen LogP) is 5.94. The summed E-state index contributed by atoms with van der Waals surface area (Å²) in [5.41, 5.74) is 2.19. The van der Waals surface area contributed by atoms with Gasteiger partial charge in [-0.2, -0.15) is 0 Å². The zero-order valence-electron chi connectivity index (χ0n) is 18.1. The van der Waals surface area contributed by atoms with E-state index < -0.39 is 11.7 Å². The molecular formula is C25H20FN3O3S2. The van der Waals surface area contributed by atoms with Crippen LogP contribution in [0, 0.1) is 5.82 Å². The summed E-state index contributed by atoms with van der Waals surface area (Å²) in [5.74, 6) is -0.377. The van der Waals surface area contributed by atoms with E-state index in [2.05, 4.69) is 15.6 Å². The molecular weight excluding hydrogens is 473 g/mol. The topological polar surface area (TPSA) is 80.3 Å². The molecule has 0 spiro atoms. The van der Waals surface area contributed by atoms with Gasteiger partial charge in [0.25, 0.3) is 5.91 Å². The third-order valence-corrected chi connectivity index (χ3v) is 6.47. The van der Waals surface area contributed by atoms with E-state index >= 15 is 0 Å². The first-order valence-corrected chi connectivity index (χ1v) is 12.1. The fraction of sp³-hybridized carbons (Fsp3) is 0.0800. The molecule has 4 rings (SSSR count). The van der Waals surface area contributed by atoms with Crippen molar-refractivity contribution in [2.45, 2.75) is 4.90 Å². The van der Waals surface area contributed by atoms with Crippen molar-refractivity contribution in [1.29, 1.82) is 0 Å². The van der Waals surface area contributed by atoms with Gasteiger partial charge in [0.2, 0.25) is 5.91 Å². The number of amides is 2. The van der Waals surface area contributed by atoms with Gasteiger partial charge in [0.1, 0.15) is 11.6 Å². The van der Waals surface area contributed by atoms with E-state index in [0.29, 0.717) is 10.8 Å². The summed E-state index contributed by atoms with van der Waals surface area (Å²) >= 11 is 2.67. The van der Waals surface area contributed by atoms with Gasteiger partial charge in [0.15, 0.2) is 5.13 Å². The van der Waals surface area contributed by atoms with Gasteiger partial charge in [-0.05, 0) is 54.6 Å². The molecule has 4 aromatic rings. The minimum atomic E-state index is -0.584. The lowest BCUT2D eigenvalue weighted by atomic mass is 10.2. The molecule has 34 heavy (non-hydrogen) atoms. The summed E-state index contributed by atoms with van der Waals surface area (Å²) in [6.07, 6.45) is 0. The van der Waals surface area contributed by atoms with E-state index in [4.69, 9.17) is 4.74 Å². The third kappa shape index (κ3) is 6.00. The molecule has 0 unspecified atom stereocenters. The van der Waals surface area contributed by atoms with E-state index in [1.807, 2.05) is 35.7 Å². The van der Waals surface area contributed by atoms with Crippen LogP contribution < -0.4 is 15.4 Å². The SMILES string of the molecule is COc1ccc(-c2csc(NC(=O)CSc3cccc(NC(=O)c4ccccc4F)c3)n2)cc1. The number of thioether (sulfide) groups is 1. The van der Waals surface area contributed by atoms with Gasteiger partial charge in [0.05, 0.1) is 24.1 Å². The Balaban J connectivity index is 1.31. The second-order valence-electron chi connectivity index (χ2n) is 7.07. The van der Waals surface area contributed by atoms with E-state index in [-0.39, 0.29) is 17.2 Å². The van der Waals surface area contributed by atoms with E-state index in [0.717, 1.165) is 21.9 Å². The zero-order chi connectivity index (χ0) is 23.9. The summed E-state index contributed by atoms with van der Waals surface area (Å²) < 4.78 is 19.0. The number of thiazole rings is 1. The fourth-order valence-electron chi connectivity index (χ4n) is 3.04. The minimum Gasteiger partial charge on any atom is -0.497 e. The van der Waals surface area contributed by atoms with Gasteiger partial charge in [-0.1, -0.05) is 18.2 Å². The van der Waals surface area contributed by atoms with Gasteiger partial charge in [0, 0.05) is 21.5 Å². The number of ether oxygens (including phenoxy) is 1. The maximum absolute atomic E-state index is 13.8. The first kappa shape index (κ1) is 23.5. The standard InChI is InChI=1S/C25H20FN3O3S2/c1-32-18-11-9-16(10-12-18)22-14-34-25(28-22)29-23(30)15-33-19-6-4-5-17(13-19)27-24(31)20-7-2-3-8-21(20)26/h2-14H,15H2,1H3,(H,27,31)(H,28,29,30). The number of halogens is 1.